The molecule has 164 valence electrons. The van der Waals surface area contributed by atoms with Crippen LogP contribution in [0.25, 0.3) is 0 Å². The standard InChI is InChI=1S/C18H21N7O4S2/c1-9(31-17-21-23-24-22-17)18(16(28)29)7-25-14(27)12(15(25)30-8-18)20-13(26)11(19)10-5-3-2-4-6-10/h2-6,9,11-12,15H,7-8,19H2,1H3,(H,20,26)(H,28,29)(H,21,22,23,24)/t9?,11?,12?,15-,18?/m1/s1. The fourth-order valence-electron chi connectivity index (χ4n) is 3.68. The fourth-order valence-corrected chi connectivity index (χ4v) is 6.45. The molecule has 11 nitrogen and oxygen atoms in total. The molecule has 2 fully saturated rings. The van der Waals surface area contributed by atoms with Crippen LogP contribution in [-0.4, -0.2) is 77.4 Å². The SMILES string of the molecule is CC(Sc1nnn[nH]1)C1(C(=O)O)CS[C@@H]2C(NC(=O)C(N)c3ccccc3)C(=O)N2C1. The number of carbonyl (C=O) groups is 3. The van der Waals surface area contributed by atoms with E-state index in [1.54, 1.807) is 31.2 Å². The molecule has 2 amide bonds. The molecule has 0 radical (unpaired) electrons. The van der Waals surface area contributed by atoms with Gasteiger partial charge < -0.3 is 21.1 Å². The van der Waals surface area contributed by atoms with Crippen LogP contribution in [0.5, 0.6) is 0 Å². The second kappa shape index (κ2) is 8.48. The van der Waals surface area contributed by atoms with Crippen molar-refractivity contribution in [1.82, 2.24) is 30.8 Å². The largest absolute Gasteiger partial charge is 0.481 e. The van der Waals surface area contributed by atoms with Crippen LogP contribution in [0, 0.1) is 5.41 Å². The molecule has 1 aromatic heterocycles. The lowest BCUT2D eigenvalue weighted by molar-refractivity contribution is -0.158. The van der Waals surface area contributed by atoms with Crippen LogP contribution in [0.4, 0.5) is 0 Å². The predicted molar refractivity (Wildman–Crippen MR) is 113 cm³/mol. The molecular formula is C18H21N7O4S2. The Morgan fingerprint density at radius 1 is 1.42 bits per heavy atom. The van der Waals surface area contributed by atoms with Gasteiger partial charge in [0, 0.05) is 17.5 Å². The van der Waals surface area contributed by atoms with Crippen molar-refractivity contribution in [1.29, 1.82) is 0 Å². The van der Waals surface area contributed by atoms with E-state index in [-0.39, 0.29) is 23.6 Å². The number of rotatable bonds is 7. The first-order valence-corrected chi connectivity index (χ1v) is 11.4. The van der Waals surface area contributed by atoms with Gasteiger partial charge in [-0.25, -0.2) is 5.10 Å². The van der Waals surface area contributed by atoms with E-state index >= 15 is 0 Å². The van der Waals surface area contributed by atoms with Crippen molar-refractivity contribution in [3.63, 3.8) is 0 Å². The van der Waals surface area contributed by atoms with Crippen LogP contribution < -0.4 is 11.1 Å². The summed E-state index contributed by atoms with van der Waals surface area (Å²) in [6.45, 7) is 1.83. The third-order valence-corrected chi connectivity index (χ3v) is 8.41. The maximum Gasteiger partial charge on any atom is 0.313 e. The van der Waals surface area contributed by atoms with Gasteiger partial charge in [0.1, 0.15) is 22.9 Å². The van der Waals surface area contributed by atoms with Crippen molar-refractivity contribution < 1.29 is 19.5 Å². The van der Waals surface area contributed by atoms with E-state index in [2.05, 4.69) is 25.9 Å². The third kappa shape index (κ3) is 3.88. The lowest BCUT2D eigenvalue weighted by Gasteiger charge is -2.55. The summed E-state index contributed by atoms with van der Waals surface area (Å²) >= 11 is 2.56. The number of hydrogen-bond donors (Lipinski definition) is 4. The summed E-state index contributed by atoms with van der Waals surface area (Å²) in [5.41, 5.74) is 5.50. The first kappa shape index (κ1) is 21.6. The number of tetrazole rings is 1. The molecule has 0 spiro atoms. The second-order valence-corrected chi connectivity index (χ2v) is 9.90. The first-order chi connectivity index (χ1) is 14.8. The maximum absolute atomic E-state index is 12.8. The Labute approximate surface area is 185 Å². The zero-order chi connectivity index (χ0) is 22.2. The molecule has 2 aliphatic rings. The number of aliphatic carboxylic acids is 1. The van der Waals surface area contributed by atoms with E-state index in [0.29, 0.717) is 10.7 Å². The number of aromatic nitrogens is 4. The molecule has 0 bridgehead atoms. The molecule has 5 atom stereocenters. The van der Waals surface area contributed by atoms with Crippen LogP contribution in [0.15, 0.2) is 35.5 Å². The number of fused-ring (bicyclic) bond motifs is 1. The third-order valence-electron chi connectivity index (χ3n) is 5.66. The van der Waals surface area contributed by atoms with Gasteiger partial charge in [-0.2, -0.15) is 0 Å². The summed E-state index contributed by atoms with van der Waals surface area (Å²) in [7, 11) is 0. The molecule has 2 aromatic rings. The van der Waals surface area contributed by atoms with E-state index in [4.69, 9.17) is 5.73 Å². The molecule has 2 aliphatic heterocycles. The number of thioether (sulfide) groups is 2. The predicted octanol–water partition coefficient (Wildman–Crippen LogP) is -0.149. The van der Waals surface area contributed by atoms with Crippen molar-refractivity contribution in [2.75, 3.05) is 12.3 Å². The normalized spacial score (nSPS) is 27.0. The average Bonchev–Trinajstić information content (AvgIpc) is 3.29. The van der Waals surface area contributed by atoms with Crippen molar-refractivity contribution in [3.8, 4) is 0 Å². The Balaban J connectivity index is 1.42. The summed E-state index contributed by atoms with van der Waals surface area (Å²) in [5.74, 6) is -1.46. The lowest BCUT2D eigenvalue weighted by atomic mass is 9.84. The lowest BCUT2D eigenvalue weighted by Crippen LogP contribution is -2.74. The molecule has 13 heteroatoms. The summed E-state index contributed by atoms with van der Waals surface area (Å²) in [6, 6.07) is 7.29. The fraction of sp³-hybridized carbons (Fsp3) is 0.444. The minimum Gasteiger partial charge on any atom is -0.481 e. The van der Waals surface area contributed by atoms with Gasteiger partial charge in [0.15, 0.2) is 0 Å². The van der Waals surface area contributed by atoms with Crippen LogP contribution in [0.1, 0.15) is 18.5 Å². The number of hydrogen-bond acceptors (Lipinski definition) is 9. The van der Waals surface area contributed by atoms with Crippen molar-refractivity contribution in [2.24, 2.45) is 11.1 Å². The zero-order valence-corrected chi connectivity index (χ0v) is 18.1. The molecular weight excluding hydrogens is 442 g/mol. The van der Waals surface area contributed by atoms with Crippen LogP contribution in [0.3, 0.4) is 0 Å². The number of carboxylic acid groups (broad SMARTS) is 1. The molecule has 5 N–H and O–H groups in total. The number of nitrogens with one attached hydrogen (secondary N) is 2. The number of nitrogens with zero attached hydrogens (tertiary/aromatic N) is 4. The van der Waals surface area contributed by atoms with Gasteiger partial charge in [-0.15, -0.1) is 16.9 Å². The summed E-state index contributed by atoms with van der Waals surface area (Å²) in [4.78, 5) is 39.0. The second-order valence-electron chi connectivity index (χ2n) is 7.47. The Kier molecular flexibility index (Phi) is 5.90. The number of carboxylic acids is 1. The topological polar surface area (TPSA) is 167 Å². The zero-order valence-electron chi connectivity index (χ0n) is 16.5. The average molecular weight is 464 g/mol. The van der Waals surface area contributed by atoms with Gasteiger partial charge in [0.05, 0.1) is 0 Å². The van der Waals surface area contributed by atoms with Crippen LogP contribution in [0.2, 0.25) is 0 Å². The first-order valence-electron chi connectivity index (χ1n) is 9.50. The highest BCUT2D eigenvalue weighted by molar-refractivity contribution is 8.01. The van der Waals surface area contributed by atoms with E-state index in [1.807, 2.05) is 6.07 Å². The minimum absolute atomic E-state index is 0.0473. The molecule has 1 aromatic carbocycles. The number of amides is 2. The van der Waals surface area contributed by atoms with Crippen LogP contribution in [-0.2, 0) is 14.4 Å². The summed E-state index contributed by atoms with van der Waals surface area (Å²) in [6.07, 6.45) is 0. The number of β-lactam (4-membered cyclic amide) rings is 1. The number of H-pyrrole nitrogens is 1. The molecule has 3 heterocycles. The Morgan fingerprint density at radius 3 is 2.81 bits per heavy atom. The van der Waals surface area contributed by atoms with Crippen LogP contribution >= 0.6 is 23.5 Å². The molecule has 2 saturated heterocycles. The molecule has 31 heavy (non-hydrogen) atoms. The highest BCUT2D eigenvalue weighted by atomic mass is 32.2. The highest BCUT2D eigenvalue weighted by Crippen LogP contribution is 2.47. The Morgan fingerprint density at radius 2 is 2.16 bits per heavy atom. The van der Waals surface area contributed by atoms with E-state index in [9.17, 15) is 19.5 Å². The molecule has 4 unspecified atom stereocenters. The van der Waals surface area contributed by atoms with E-state index < -0.39 is 34.6 Å². The van der Waals surface area contributed by atoms with E-state index in [1.165, 1.54) is 28.4 Å². The Bertz CT molecular complexity index is 977. The van der Waals surface area contributed by atoms with Gasteiger partial charge in [-0.3, -0.25) is 14.4 Å². The molecule has 0 saturated carbocycles. The summed E-state index contributed by atoms with van der Waals surface area (Å²) in [5, 5.41) is 25.8. The summed E-state index contributed by atoms with van der Waals surface area (Å²) < 4.78 is 0. The number of carbonyl (C=O) groups excluding carboxylic acids is 2. The van der Waals surface area contributed by atoms with Crippen molar-refractivity contribution in [2.45, 2.75) is 34.8 Å². The van der Waals surface area contributed by atoms with Gasteiger partial charge in [0.2, 0.25) is 17.0 Å². The van der Waals surface area contributed by atoms with Crippen molar-refractivity contribution >= 4 is 41.3 Å². The highest BCUT2D eigenvalue weighted by Gasteiger charge is 2.59. The van der Waals surface area contributed by atoms with Gasteiger partial charge in [-0.1, -0.05) is 49.0 Å². The van der Waals surface area contributed by atoms with Gasteiger partial charge in [0.25, 0.3) is 0 Å². The minimum atomic E-state index is -1.18. The smallest absolute Gasteiger partial charge is 0.313 e. The maximum atomic E-state index is 12.8. The van der Waals surface area contributed by atoms with Crippen molar-refractivity contribution in [3.05, 3.63) is 35.9 Å². The van der Waals surface area contributed by atoms with Gasteiger partial charge in [-0.05, 0) is 16.0 Å². The number of benzene rings is 1. The monoisotopic (exact) mass is 463 g/mol. The molecule has 4 rings (SSSR count). The quantitative estimate of drug-likeness (QED) is 0.320. The number of aromatic amines is 1. The van der Waals surface area contributed by atoms with Gasteiger partial charge >= 0.3 is 5.97 Å². The molecule has 0 aliphatic carbocycles. The Hall–Kier alpha value is -2.64. The van der Waals surface area contributed by atoms with E-state index in [0.717, 1.165) is 0 Å². The number of nitrogens with two attached hydrogens (primary N) is 1.